The van der Waals surface area contributed by atoms with Crippen LogP contribution < -0.4 is 0 Å². The van der Waals surface area contributed by atoms with E-state index in [1.54, 1.807) is 0 Å². The molecule has 36 heavy (non-hydrogen) atoms. The number of fused-ring (bicyclic) bond motifs is 6. The third-order valence-electron chi connectivity index (χ3n) is 7.39. The van der Waals surface area contributed by atoms with E-state index in [2.05, 4.69) is 122 Å². The molecule has 0 saturated heterocycles. The topological polar surface area (TPSA) is 23.9 Å². The fourth-order valence-corrected chi connectivity index (χ4v) is 5.64. The van der Waals surface area contributed by atoms with Crippen LogP contribution in [0.5, 0.6) is 0 Å². The Balaban J connectivity index is 1.52. The van der Waals surface area contributed by atoms with Crippen molar-refractivity contribution in [2.75, 3.05) is 0 Å². The van der Waals surface area contributed by atoms with Crippen LogP contribution in [0, 0.1) is 5.41 Å². The molecule has 0 unspecified atom stereocenters. The van der Waals surface area contributed by atoms with Gasteiger partial charge in [0.15, 0.2) is 0 Å². The molecule has 168 valence electrons. The Morgan fingerprint density at radius 3 is 1.50 bits per heavy atom. The summed E-state index contributed by atoms with van der Waals surface area (Å²) in [6.07, 6.45) is 4.19. The van der Waals surface area contributed by atoms with Crippen LogP contribution in [0.3, 0.4) is 0 Å². The van der Waals surface area contributed by atoms with Gasteiger partial charge in [0.25, 0.3) is 0 Å². The van der Waals surface area contributed by atoms with Crippen LogP contribution in [0.1, 0.15) is 11.1 Å². The third-order valence-corrected chi connectivity index (χ3v) is 7.39. The summed E-state index contributed by atoms with van der Waals surface area (Å²) in [5.74, 6) is 0. The summed E-state index contributed by atoms with van der Waals surface area (Å²) in [5, 5.41) is 18.6. The lowest BCUT2D eigenvalue weighted by atomic mass is 9.82. The highest BCUT2D eigenvalue weighted by Gasteiger charge is 2.21. The van der Waals surface area contributed by atoms with E-state index in [1.807, 2.05) is 6.08 Å². The Morgan fingerprint density at radius 1 is 0.472 bits per heavy atom. The van der Waals surface area contributed by atoms with Gasteiger partial charge in [-0.15, -0.1) is 0 Å². The number of hydrogen-bond donors (Lipinski definition) is 1. The molecule has 7 rings (SSSR count). The minimum absolute atomic E-state index is 0.456. The summed E-state index contributed by atoms with van der Waals surface area (Å²) < 4.78 is 0. The summed E-state index contributed by atoms with van der Waals surface area (Å²) in [7, 11) is 0. The van der Waals surface area contributed by atoms with E-state index in [0.29, 0.717) is 5.71 Å². The second-order valence-electron chi connectivity index (χ2n) is 9.43. The molecule has 1 N–H and O–H groups in total. The summed E-state index contributed by atoms with van der Waals surface area (Å²) in [5.41, 5.74) is 5.53. The molecule has 0 heterocycles. The molecule has 0 atom stereocenters. The molecule has 0 aliphatic heterocycles. The number of allylic oxidation sites excluding steroid dienone is 5. The van der Waals surface area contributed by atoms with E-state index in [4.69, 9.17) is 5.41 Å². The van der Waals surface area contributed by atoms with Crippen molar-refractivity contribution in [3.05, 3.63) is 145 Å². The highest BCUT2D eigenvalue weighted by Crippen LogP contribution is 2.41. The van der Waals surface area contributed by atoms with Gasteiger partial charge >= 0.3 is 0 Å². The van der Waals surface area contributed by atoms with Crippen molar-refractivity contribution in [1.29, 1.82) is 5.41 Å². The smallest absolute Gasteiger partial charge is 0.0618 e. The second-order valence-corrected chi connectivity index (χ2v) is 9.43. The quantitative estimate of drug-likeness (QED) is 0.250. The van der Waals surface area contributed by atoms with Crippen LogP contribution in [0.15, 0.2) is 133 Å². The molecule has 0 spiro atoms. The van der Waals surface area contributed by atoms with Gasteiger partial charge in [-0.25, -0.2) is 0 Å². The molecule has 6 aromatic rings. The zero-order valence-electron chi connectivity index (χ0n) is 19.8. The van der Waals surface area contributed by atoms with Crippen molar-refractivity contribution in [2.45, 2.75) is 0 Å². The van der Waals surface area contributed by atoms with E-state index < -0.39 is 0 Å². The number of rotatable bonds is 2. The van der Waals surface area contributed by atoms with Crippen LogP contribution in [-0.2, 0) is 0 Å². The maximum atomic E-state index is 8.88. The fourth-order valence-electron chi connectivity index (χ4n) is 5.64. The van der Waals surface area contributed by atoms with Gasteiger partial charge < -0.3 is 5.41 Å². The van der Waals surface area contributed by atoms with Gasteiger partial charge in [0, 0.05) is 5.57 Å². The van der Waals surface area contributed by atoms with Gasteiger partial charge in [0.05, 0.1) is 5.71 Å². The molecule has 0 radical (unpaired) electrons. The van der Waals surface area contributed by atoms with Gasteiger partial charge in [-0.2, -0.15) is 0 Å². The first kappa shape index (κ1) is 20.6. The van der Waals surface area contributed by atoms with Crippen molar-refractivity contribution >= 4 is 59.9 Å². The molecular weight excluding hydrogens is 434 g/mol. The summed E-state index contributed by atoms with van der Waals surface area (Å²) in [6, 6.07) is 38.7. The molecule has 1 aliphatic carbocycles. The molecular formula is C35H23N. The molecule has 1 aliphatic rings. The average Bonchev–Trinajstić information content (AvgIpc) is 2.93. The summed E-state index contributed by atoms with van der Waals surface area (Å²) in [4.78, 5) is 0. The normalized spacial score (nSPS) is 14.0. The van der Waals surface area contributed by atoms with Crippen molar-refractivity contribution in [2.24, 2.45) is 0 Å². The Kier molecular flexibility index (Phi) is 4.52. The third kappa shape index (κ3) is 3.07. The van der Waals surface area contributed by atoms with Crippen LogP contribution in [0.4, 0.5) is 0 Å². The largest absolute Gasteiger partial charge is 0.300 e. The Bertz CT molecular complexity index is 1970. The molecule has 0 amide bonds. The highest BCUT2D eigenvalue weighted by atomic mass is 14.4. The van der Waals surface area contributed by atoms with Crippen LogP contribution in [0.25, 0.3) is 54.2 Å². The van der Waals surface area contributed by atoms with Crippen molar-refractivity contribution < 1.29 is 0 Å². The minimum atomic E-state index is 0.456. The SMILES string of the molecule is C=C1C(=N)C=C(c2cc3ccccc3c3ccccc23)C=C1c1cc2ccccc2c2ccccc12. The maximum Gasteiger partial charge on any atom is 0.0618 e. The van der Waals surface area contributed by atoms with Crippen molar-refractivity contribution in [1.82, 2.24) is 0 Å². The maximum absolute atomic E-state index is 8.88. The number of hydrogen-bond acceptors (Lipinski definition) is 1. The first-order chi connectivity index (χ1) is 17.7. The van der Waals surface area contributed by atoms with Crippen LogP contribution in [0.2, 0.25) is 0 Å². The zero-order chi connectivity index (χ0) is 24.2. The van der Waals surface area contributed by atoms with E-state index in [1.165, 1.54) is 43.1 Å². The second kappa shape index (κ2) is 7.90. The lowest BCUT2D eigenvalue weighted by molar-refractivity contribution is 1.50. The lowest BCUT2D eigenvalue weighted by Gasteiger charge is -2.21. The fraction of sp³-hybridized carbons (Fsp3) is 0. The molecule has 0 saturated carbocycles. The first-order valence-electron chi connectivity index (χ1n) is 12.2. The molecule has 0 aromatic heterocycles. The lowest BCUT2D eigenvalue weighted by Crippen LogP contribution is -2.06. The molecule has 0 fully saturated rings. The van der Waals surface area contributed by atoms with E-state index in [-0.39, 0.29) is 0 Å². The standard InChI is InChI=1S/C35H23N/c1-22-32(34-19-24-11-3-5-13-27(24)29-15-7-9-17-31(29)34)20-25(21-35(22)36)33-18-23-10-2-4-12-26(23)28-14-6-8-16-30(28)33/h2-21,36H,1H2. The van der Waals surface area contributed by atoms with Crippen molar-refractivity contribution in [3.63, 3.8) is 0 Å². The molecule has 0 bridgehead atoms. The van der Waals surface area contributed by atoms with Gasteiger partial charge in [0.1, 0.15) is 0 Å². The number of nitrogens with one attached hydrogen (secondary N) is 1. The minimum Gasteiger partial charge on any atom is -0.300 e. The van der Waals surface area contributed by atoms with Gasteiger partial charge in [-0.05, 0) is 89.6 Å². The molecule has 6 aromatic carbocycles. The molecule has 1 nitrogen and oxygen atoms in total. The monoisotopic (exact) mass is 457 g/mol. The first-order valence-corrected chi connectivity index (χ1v) is 12.2. The summed E-state index contributed by atoms with van der Waals surface area (Å²) in [6.45, 7) is 4.34. The van der Waals surface area contributed by atoms with Gasteiger partial charge in [-0.1, -0.05) is 104 Å². The van der Waals surface area contributed by atoms with E-state index in [0.717, 1.165) is 27.8 Å². The average molecular weight is 458 g/mol. The highest BCUT2D eigenvalue weighted by molar-refractivity contribution is 6.27. The van der Waals surface area contributed by atoms with Crippen LogP contribution in [-0.4, -0.2) is 5.71 Å². The van der Waals surface area contributed by atoms with Crippen molar-refractivity contribution in [3.8, 4) is 0 Å². The Hall–Kier alpha value is -4.75. The van der Waals surface area contributed by atoms with Gasteiger partial charge in [-0.3, -0.25) is 0 Å². The summed E-state index contributed by atoms with van der Waals surface area (Å²) >= 11 is 0. The Labute approximate surface area is 209 Å². The number of benzene rings is 6. The predicted molar refractivity (Wildman–Crippen MR) is 156 cm³/mol. The zero-order valence-corrected chi connectivity index (χ0v) is 19.8. The van der Waals surface area contributed by atoms with Gasteiger partial charge in [0.2, 0.25) is 0 Å². The van der Waals surface area contributed by atoms with Crippen LogP contribution >= 0.6 is 0 Å². The van der Waals surface area contributed by atoms with E-state index >= 15 is 0 Å². The molecule has 1 heteroatoms. The predicted octanol–water partition coefficient (Wildman–Crippen LogP) is 9.36. The Morgan fingerprint density at radius 2 is 0.917 bits per heavy atom. The van der Waals surface area contributed by atoms with E-state index in [9.17, 15) is 0 Å².